The minimum absolute atomic E-state index is 0.0996. The summed E-state index contributed by atoms with van der Waals surface area (Å²) >= 11 is 0. The minimum atomic E-state index is -0.297. The Kier molecular flexibility index (Phi) is 4.79. The Morgan fingerprint density at radius 2 is 2.00 bits per heavy atom. The summed E-state index contributed by atoms with van der Waals surface area (Å²) in [5.74, 6) is 0.351. The van der Waals surface area contributed by atoms with Crippen LogP contribution in [0.2, 0.25) is 0 Å². The van der Waals surface area contributed by atoms with E-state index in [0.29, 0.717) is 23.4 Å². The van der Waals surface area contributed by atoms with Crippen LogP contribution in [-0.4, -0.2) is 12.5 Å². The molecule has 1 aromatic carbocycles. The van der Waals surface area contributed by atoms with Crippen molar-refractivity contribution >= 4 is 16.9 Å². The number of hydrogen-bond donors (Lipinski definition) is 1. The van der Waals surface area contributed by atoms with Gasteiger partial charge in [-0.15, -0.1) is 0 Å². The van der Waals surface area contributed by atoms with E-state index in [1.165, 1.54) is 38.2 Å². The van der Waals surface area contributed by atoms with Gasteiger partial charge in [0.2, 0.25) is 0 Å². The topological polar surface area (TPSA) is 59.3 Å². The summed E-state index contributed by atoms with van der Waals surface area (Å²) < 4.78 is 5.63. The molecule has 1 aliphatic carbocycles. The third kappa shape index (κ3) is 3.63. The van der Waals surface area contributed by atoms with E-state index in [-0.39, 0.29) is 17.1 Å². The van der Waals surface area contributed by atoms with Crippen LogP contribution in [0.5, 0.6) is 0 Å². The third-order valence-corrected chi connectivity index (χ3v) is 4.70. The van der Waals surface area contributed by atoms with E-state index in [1.54, 1.807) is 6.07 Å². The zero-order chi connectivity index (χ0) is 16.2. The zero-order valence-corrected chi connectivity index (χ0v) is 13.6. The lowest BCUT2D eigenvalue weighted by molar-refractivity contribution is 0.0916. The largest absolute Gasteiger partial charge is 0.451 e. The number of fused-ring (bicyclic) bond motifs is 1. The molecule has 0 aliphatic heterocycles. The van der Waals surface area contributed by atoms with Crippen LogP contribution in [-0.2, 0) is 6.42 Å². The average Bonchev–Trinajstić information content (AvgIpc) is 2.60. The van der Waals surface area contributed by atoms with Crippen molar-refractivity contribution in [3.8, 4) is 0 Å². The molecule has 0 atom stereocenters. The summed E-state index contributed by atoms with van der Waals surface area (Å²) in [5.41, 5.74) is 1.39. The maximum Gasteiger partial charge on any atom is 0.287 e. The molecule has 1 saturated carbocycles. The molecule has 1 aromatic heterocycles. The van der Waals surface area contributed by atoms with E-state index >= 15 is 0 Å². The minimum Gasteiger partial charge on any atom is -0.451 e. The van der Waals surface area contributed by atoms with Gasteiger partial charge in [0.15, 0.2) is 11.2 Å². The highest BCUT2D eigenvalue weighted by Crippen LogP contribution is 2.23. The average molecular weight is 313 g/mol. The van der Waals surface area contributed by atoms with Crippen molar-refractivity contribution in [2.45, 2.75) is 45.4 Å². The molecule has 4 heteroatoms. The highest BCUT2D eigenvalue weighted by atomic mass is 16.3. The quantitative estimate of drug-likeness (QED) is 0.937. The maximum atomic E-state index is 12.3. The lowest BCUT2D eigenvalue weighted by Gasteiger charge is -2.21. The highest BCUT2D eigenvalue weighted by Gasteiger charge is 2.17. The van der Waals surface area contributed by atoms with Crippen molar-refractivity contribution in [1.82, 2.24) is 5.32 Å². The fraction of sp³-hybridized carbons (Fsp3) is 0.474. The molecule has 2 aromatic rings. The van der Waals surface area contributed by atoms with Crippen molar-refractivity contribution in [2.24, 2.45) is 5.92 Å². The molecule has 1 amide bonds. The van der Waals surface area contributed by atoms with Crippen LogP contribution >= 0.6 is 0 Å². The predicted octanol–water partition coefficient (Wildman–Crippen LogP) is 3.67. The van der Waals surface area contributed by atoms with Crippen LogP contribution in [0.3, 0.4) is 0 Å². The summed E-state index contributed by atoms with van der Waals surface area (Å²) in [4.78, 5) is 24.5. The summed E-state index contributed by atoms with van der Waals surface area (Å²) in [6.07, 6.45) is 6.98. The molecule has 1 fully saturated rings. The van der Waals surface area contributed by atoms with Crippen LogP contribution < -0.4 is 10.7 Å². The second-order valence-electron chi connectivity index (χ2n) is 6.37. The van der Waals surface area contributed by atoms with Crippen LogP contribution in [0.25, 0.3) is 11.0 Å². The Balaban J connectivity index is 1.76. The Hall–Kier alpha value is -2.10. The summed E-state index contributed by atoms with van der Waals surface area (Å²) in [7, 11) is 0. The van der Waals surface area contributed by atoms with Gasteiger partial charge in [-0.25, -0.2) is 0 Å². The van der Waals surface area contributed by atoms with Crippen LogP contribution in [0.15, 0.2) is 33.5 Å². The number of hydrogen-bond acceptors (Lipinski definition) is 3. The number of amides is 1. The van der Waals surface area contributed by atoms with E-state index in [0.717, 1.165) is 12.0 Å². The molecule has 1 N–H and O–H groups in total. The van der Waals surface area contributed by atoms with Gasteiger partial charge in [0, 0.05) is 12.6 Å². The number of nitrogens with one attached hydrogen (secondary N) is 1. The molecule has 0 spiro atoms. The lowest BCUT2D eigenvalue weighted by atomic mass is 9.89. The number of carbonyl (C=O) groups is 1. The molecule has 1 heterocycles. The van der Waals surface area contributed by atoms with Gasteiger partial charge < -0.3 is 9.73 Å². The van der Waals surface area contributed by atoms with Crippen molar-refractivity contribution in [3.05, 3.63) is 45.8 Å². The van der Waals surface area contributed by atoms with E-state index < -0.39 is 0 Å². The zero-order valence-electron chi connectivity index (χ0n) is 13.6. The van der Waals surface area contributed by atoms with E-state index in [4.69, 9.17) is 4.42 Å². The van der Waals surface area contributed by atoms with Gasteiger partial charge >= 0.3 is 0 Å². The van der Waals surface area contributed by atoms with Crippen LogP contribution in [0.1, 0.15) is 55.1 Å². The molecule has 0 bridgehead atoms. The fourth-order valence-electron chi connectivity index (χ4n) is 3.25. The Labute approximate surface area is 135 Å². The van der Waals surface area contributed by atoms with Gasteiger partial charge in [0.05, 0.1) is 5.39 Å². The van der Waals surface area contributed by atoms with Gasteiger partial charge in [-0.2, -0.15) is 0 Å². The summed E-state index contributed by atoms with van der Waals surface area (Å²) in [6, 6.07) is 6.84. The Morgan fingerprint density at radius 3 is 2.74 bits per heavy atom. The standard InChI is InChI=1S/C19H23NO3/c1-2-13-8-9-17-15(10-13)16(21)11-18(23-17)19(22)20-12-14-6-4-3-5-7-14/h8-11,14H,2-7,12H2,1H3,(H,20,22). The SMILES string of the molecule is CCc1ccc2oc(C(=O)NCC3CCCCC3)cc(=O)c2c1. The third-order valence-electron chi connectivity index (χ3n) is 4.70. The molecule has 0 unspecified atom stereocenters. The first-order valence-electron chi connectivity index (χ1n) is 8.52. The summed E-state index contributed by atoms with van der Waals surface area (Å²) in [6.45, 7) is 2.70. The fourth-order valence-corrected chi connectivity index (χ4v) is 3.25. The van der Waals surface area contributed by atoms with Crippen molar-refractivity contribution in [2.75, 3.05) is 6.54 Å². The first kappa shape index (κ1) is 15.8. The molecular formula is C19H23NO3. The van der Waals surface area contributed by atoms with Crippen LogP contribution in [0, 0.1) is 5.92 Å². The Morgan fingerprint density at radius 1 is 1.22 bits per heavy atom. The molecule has 4 nitrogen and oxygen atoms in total. The lowest BCUT2D eigenvalue weighted by Crippen LogP contribution is -2.30. The first-order chi connectivity index (χ1) is 11.2. The second-order valence-corrected chi connectivity index (χ2v) is 6.37. The van der Waals surface area contributed by atoms with Gasteiger partial charge in [0.25, 0.3) is 5.91 Å². The second kappa shape index (κ2) is 6.99. The van der Waals surface area contributed by atoms with Crippen molar-refractivity contribution < 1.29 is 9.21 Å². The predicted molar refractivity (Wildman–Crippen MR) is 90.8 cm³/mol. The number of benzene rings is 1. The smallest absolute Gasteiger partial charge is 0.287 e. The number of carbonyl (C=O) groups excluding carboxylic acids is 1. The van der Waals surface area contributed by atoms with E-state index in [9.17, 15) is 9.59 Å². The number of aryl methyl sites for hydroxylation is 1. The molecule has 23 heavy (non-hydrogen) atoms. The molecule has 1 aliphatic rings. The normalized spacial score (nSPS) is 15.7. The van der Waals surface area contributed by atoms with Gasteiger partial charge in [0.1, 0.15) is 5.58 Å². The van der Waals surface area contributed by atoms with Gasteiger partial charge in [-0.05, 0) is 42.9 Å². The van der Waals surface area contributed by atoms with Crippen LogP contribution in [0.4, 0.5) is 0 Å². The molecule has 3 rings (SSSR count). The summed E-state index contributed by atoms with van der Waals surface area (Å²) in [5, 5.41) is 3.45. The van der Waals surface area contributed by atoms with E-state index in [2.05, 4.69) is 5.32 Å². The molecule has 0 radical (unpaired) electrons. The highest BCUT2D eigenvalue weighted by molar-refractivity contribution is 5.93. The Bertz CT molecular complexity index is 757. The molecular weight excluding hydrogens is 290 g/mol. The van der Waals surface area contributed by atoms with Crippen molar-refractivity contribution in [1.29, 1.82) is 0 Å². The van der Waals surface area contributed by atoms with Gasteiger partial charge in [-0.1, -0.05) is 32.3 Å². The first-order valence-corrected chi connectivity index (χ1v) is 8.52. The maximum absolute atomic E-state index is 12.3. The van der Waals surface area contributed by atoms with Gasteiger partial charge in [-0.3, -0.25) is 9.59 Å². The van der Waals surface area contributed by atoms with E-state index in [1.807, 2.05) is 19.1 Å². The molecule has 122 valence electrons. The van der Waals surface area contributed by atoms with Crippen molar-refractivity contribution in [3.63, 3.8) is 0 Å². The number of rotatable bonds is 4. The molecule has 0 saturated heterocycles. The monoisotopic (exact) mass is 313 g/mol.